The lowest BCUT2D eigenvalue weighted by Gasteiger charge is -2.34. The highest BCUT2D eigenvalue weighted by molar-refractivity contribution is 7.16. The highest BCUT2D eigenvalue weighted by Gasteiger charge is 2.25. The molecule has 0 spiro atoms. The van der Waals surface area contributed by atoms with Gasteiger partial charge in [-0.25, -0.2) is 9.97 Å². The van der Waals surface area contributed by atoms with Crippen LogP contribution in [-0.2, 0) is 4.74 Å². The Balaban J connectivity index is 1.47. The Morgan fingerprint density at radius 3 is 2.86 bits per heavy atom. The van der Waals surface area contributed by atoms with Gasteiger partial charge < -0.3 is 14.4 Å². The van der Waals surface area contributed by atoms with E-state index in [0.29, 0.717) is 6.61 Å². The molecule has 0 amide bonds. The summed E-state index contributed by atoms with van der Waals surface area (Å²) in [6.45, 7) is 4.25. The first-order chi connectivity index (χ1) is 13.7. The smallest absolute Gasteiger partial charge is 0.141 e. The van der Waals surface area contributed by atoms with Crippen LogP contribution in [0.25, 0.3) is 21.0 Å². The Kier molecular flexibility index (Phi) is 4.37. The van der Waals surface area contributed by atoms with Gasteiger partial charge in [-0.1, -0.05) is 18.2 Å². The topological polar surface area (TPSA) is 47.5 Å². The molecule has 5 nitrogen and oxygen atoms in total. The van der Waals surface area contributed by atoms with E-state index in [-0.39, 0.29) is 6.10 Å². The zero-order chi connectivity index (χ0) is 19.1. The molecule has 0 saturated carbocycles. The minimum atomic E-state index is 0.0178. The lowest BCUT2D eigenvalue weighted by molar-refractivity contribution is 0.0397. The molecule has 1 fully saturated rings. The summed E-state index contributed by atoms with van der Waals surface area (Å²) in [5, 5.41) is 5.57. The van der Waals surface area contributed by atoms with Crippen molar-refractivity contribution in [3.8, 4) is 5.75 Å². The van der Waals surface area contributed by atoms with Gasteiger partial charge in [-0.15, -0.1) is 11.3 Å². The number of morpholine rings is 1. The Labute approximate surface area is 167 Å². The maximum absolute atomic E-state index is 6.13. The zero-order valence-electron chi connectivity index (χ0n) is 15.9. The molecule has 28 heavy (non-hydrogen) atoms. The van der Waals surface area contributed by atoms with E-state index in [1.165, 1.54) is 16.3 Å². The molecular formula is C22H21N3O2S. The van der Waals surface area contributed by atoms with E-state index >= 15 is 0 Å². The number of benzene rings is 2. The average molecular weight is 391 g/mol. The van der Waals surface area contributed by atoms with Gasteiger partial charge in [-0.05, 0) is 52.9 Å². The summed E-state index contributed by atoms with van der Waals surface area (Å²) in [6, 6.07) is 14.8. The van der Waals surface area contributed by atoms with Crippen molar-refractivity contribution in [1.29, 1.82) is 0 Å². The van der Waals surface area contributed by atoms with Crippen LogP contribution in [0.2, 0.25) is 0 Å². The average Bonchev–Trinajstić information content (AvgIpc) is 3.20. The van der Waals surface area contributed by atoms with Crippen LogP contribution in [0.4, 0.5) is 5.82 Å². The molecule has 2 aromatic carbocycles. The number of ether oxygens (including phenoxy) is 2. The second-order valence-corrected chi connectivity index (χ2v) is 7.91. The van der Waals surface area contributed by atoms with E-state index < -0.39 is 0 Å². The van der Waals surface area contributed by atoms with Crippen molar-refractivity contribution in [2.45, 2.75) is 13.0 Å². The highest BCUT2D eigenvalue weighted by Crippen LogP contribution is 2.33. The summed E-state index contributed by atoms with van der Waals surface area (Å²) in [5.41, 5.74) is 1.19. The number of aromatic nitrogens is 2. The lowest BCUT2D eigenvalue weighted by atomic mass is 10.0. The van der Waals surface area contributed by atoms with Crippen molar-refractivity contribution in [1.82, 2.24) is 9.97 Å². The summed E-state index contributed by atoms with van der Waals surface area (Å²) >= 11 is 1.66. The number of hydrogen-bond acceptors (Lipinski definition) is 6. The SMILES string of the molecule is COc1ccc2cc([C@@H]3CN(c4nc(C)nc5sccc45)CCO3)ccc2c1. The van der Waals surface area contributed by atoms with Crippen molar-refractivity contribution >= 4 is 38.1 Å². The fourth-order valence-corrected chi connectivity index (χ4v) is 4.60. The van der Waals surface area contributed by atoms with Crippen LogP contribution in [0.15, 0.2) is 47.8 Å². The number of hydrogen-bond donors (Lipinski definition) is 0. The Hall–Kier alpha value is -2.70. The normalized spacial score (nSPS) is 17.4. The van der Waals surface area contributed by atoms with Crippen molar-refractivity contribution in [2.75, 3.05) is 31.7 Å². The molecule has 0 N–H and O–H groups in total. The first-order valence-corrected chi connectivity index (χ1v) is 10.3. The van der Waals surface area contributed by atoms with E-state index in [0.717, 1.165) is 40.7 Å². The number of thiophene rings is 1. The van der Waals surface area contributed by atoms with Gasteiger partial charge in [0.15, 0.2) is 0 Å². The van der Waals surface area contributed by atoms with Gasteiger partial charge in [0, 0.05) is 13.1 Å². The number of methoxy groups -OCH3 is 1. The van der Waals surface area contributed by atoms with Crippen LogP contribution in [-0.4, -0.2) is 36.8 Å². The number of nitrogens with zero attached hydrogens (tertiary/aromatic N) is 3. The minimum Gasteiger partial charge on any atom is -0.497 e. The molecule has 0 radical (unpaired) electrons. The zero-order valence-corrected chi connectivity index (χ0v) is 16.7. The van der Waals surface area contributed by atoms with E-state index in [4.69, 9.17) is 14.5 Å². The van der Waals surface area contributed by atoms with Gasteiger partial charge in [-0.2, -0.15) is 0 Å². The maximum atomic E-state index is 6.13. The van der Waals surface area contributed by atoms with Crippen LogP contribution in [0, 0.1) is 6.92 Å². The third kappa shape index (κ3) is 3.08. The molecule has 1 aliphatic rings. The first kappa shape index (κ1) is 17.4. The van der Waals surface area contributed by atoms with Gasteiger partial charge >= 0.3 is 0 Å². The lowest BCUT2D eigenvalue weighted by Crippen LogP contribution is -2.39. The van der Waals surface area contributed by atoms with E-state index in [2.05, 4.69) is 51.7 Å². The summed E-state index contributed by atoms with van der Waals surface area (Å²) in [5.74, 6) is 2.70. The first-order valence-electron chi connectivity index (χ1n) is 9.37. The minimum absolute atomic E-state index is 0.0178. The van der Waals surface area contributed by atoms with E-state index in [9.17, 15) is 0 Å². The second-order valence-electron chi connectivity index (χ2n) is 7.01. The molecule has 142 valence electrons. The molecule has 1 aliphatic heterocycles. The molecule has 5 rings (SSSR count). The van der Waals surface area contributed by atoms with Crippen LogP contribution in [0.1, 0.15) is 17.5 Å². The number of aryl methyl sites for hydroxylation is 1. The highest BCUT2D eigenvalue weighted by atomic mass is 32.1. The van der Waals surface area contributed by atoms with E-state index in [1.807, 2.05) is 13.0 Å². The summed E-state index contributed by atoms with van der Waals surface area (Å²) < 4.78 is 11.5. The molecule has 0 aliphatic carbocycles. The monoisotopic (exact) mass is 391 g/mol. The van der Waals surface area contributed by atoms with Crippen molar-refractivity contribution < 1.29 is 9.47 Å². The van der Waals surface area contributed by atoms with Gasteiger partial charge in [-0.3, -0.25) is 0 Å². The number of fused-ring (bicyclic) bond motifs is 2. The van der Waals surface area contributed by atoms with E-state index in [1.54, 1.807) is 18.4 Å². The molecule has 6 heteroatoms. The molecular weight excluding hydrogens is 370 g/mol. The second kappa shape index (κ2) is 7.04. The van der Waals surface area contributed by atoms with Crippen LogP contribution in [0.3, 0.4) is 0 Å². The molecule has 2 aromatic heterocycles. The third-order valence-corrected chi connectivity index (χ3v) is 6.03. The molecule has 0 bridgehead atoms. The fraction of sp³-hybridized carbons (Fsp3) is 0.273. The van der Waals surface area contributed by atoms with Gasteiger partial charge in [0.25, 0.3) is 0 Å². The number of rotatable bonds is 3. The third-order valence-electron chi connectivity index (χ3n) is 5.23. The maximum Gasteiger partial charge on any atom is 0.141 e. The standard InChI is InChI=1S/C22H21N3O2S/c1-14-23-21(19-7-10-28-22(19)24-14)25-8-9-27-20(13-25)17-4-3-16-12-18(26-2)6-5-15(16)11-17/h3-7,10-12,20H,8-9,13H2,1-2H3/t20-/m0/s1. The van der Waals surface area contributed by atoms with Crippen molar-refractivity contribution in [3.05, 3.63) is 59.2 Å². The molecule has 1 saturated heterocycles. The van der Waals surface area contributed by atoms with Gasteiger partial charge in [0.2, 0.25) is 0 Å². The largest absolute Gasteiger partial charge is 0.497 e. The van der Waals surface area contributed by atoms with Gasteiger partial charge in [0.05, 0.1) is 19.1 Å². The summed E-state index contributed by atoms with van der Waals surface area (Å²) in [4.78, 5) is 12.7. The molecule has 0 unspecified atom stereocenters. The molecule has 4 aromatic rings. The summed E-state index contributed by atoms with van der Waals surface area (Å²) in [7, 11) is 1.69. The van der Waals surface area contributed by atoms with Crippen LogP contribution < -0.4 is 9.64 Å². The predicted molar refractivity (Wildman–Crippen MR) is 114 cm³/mol. The van der Waals surface area contributed by atoms with Crippen LogP contribution >= 0.6 is 11.3 Å². The molecule has 3 heterocycles. The molecule has 1 atom stereocenters. The number of anilines is 1. The summed E-state index contributed by atoms with van der Waals surface area (Å²) in [6.07, 6.45) is 0.0178. The quantitative estimate of drug-likeness (QED) is 0.505. The fourth-order valence-electron chi connectivity index (χ4n) is 3.80. The predicted octanol–water partition coefficient (Wildman–Crippen LogP) is 4.74. The van der Waals surface area contributed by atoms with Crippen molar-refractivity contribution in [2.24, 2.45) is 0 Å². The van der Waals surface area contributed by atoms with Crippen molar-refractivity contribution in [3.63, 3.8) is 0 Å². The van der Waals surface area contributed by atoms with Gasteiger partial charge in [0.1, 0.15) is 28.3 Å². The van der Waals surface area contributed by atoms with Crippen LogP contribution in [0.5, 0.6) is 5.75 Å². The Morgan fingerprint density at radius 2 is 1.96 bits per heavy atom. The Bertz CT molecular complexity index is 1160. The Morgan fingerprint density at radius 1 is 1.11 bits per heavy atom.